The van der Waals surface area contributed by atoms with E-state index in [4.69, 9.17) is 4.74 Å². The highest BCUT2D eigenvalue weighted by Gasteiger charge is 2.40. The molecule has 1 atom stereocenters. The van der Waals surface area contributed by atoms with Gasteiger partial charge in [-0.25, -0.2) is 13.1 Å². The zero-order chi connectivity index (χ0) is 14.3. The molecule has 5 nitrogen and oxygen atoms in total. The van der Waals surface area contributed by atoms with Gasteiger partial charge in [0, 0.05) is 10.3 Å². The van der Waals surface area contributed by atoms with Crippen molar-refractivity contribution in [1.82, 2.24) is 4.72 Å². The van der Waals surface area contributed by atoms with E-state index in [0.29, 0.717) is 12.0 Å². The number of nitrogens with one attached hydrogen (secondary N) is 1. The number of rotatable bonds is 3. The van der Waals surface area contributed by atoms with Gasteiger partial charge in [0.05, 0.1) is 17.8 Å². The normalized spacial score (nSPS) is 22.4. The van der Waals surface area contributed by atoms with Gasteiger partial charge >= 0.3 is 0 Å². The molecule has 0 bridgehead atoms. The molecule has 1 unspecified atom stereocenters. The Balaban J connectivity index is 2.08. The van der Waals surface area contributed by atoms with Crippen molar-refractivity contribution in [2.24, 2.45) is 0 Å². The van der Waals surface area contributed by atoms with E-state index in [9.17, 15) is 13.2 Å². The molecule has 1 aromatic rings. The van der Waals surface area contributed by atoms with Crippen molar-refractivity contribution in [1.29, 1.82) is 0 Å². The van der Waals surface area contributed by atoms with E-state index in [1.165, 1.54) is 11.3 Å². The van der Waals surface area contributed by atoms with Crippen molar-refractivity contribution in [2.45, 2.75) is 38.0 Å². The van der Waals surface area contributed by atoms with Gasteiger partial charge in [0.15, 0.2) is 0 Å². The SMILES string of the molecule is Cc1cc(C(=O)NS(=O)(=O)C2COC(C)(C)C2)cs1. The lowest BCUT2D eigenvalue weighted by atomic mass is 10.1. The first-order valence-electron chi connectivity index (χ1n) is 5.95. The molecule has 1 N–H and O–H groups in total. The van der Waals surface area contributed by atoms with Crippen molar-refractivity contribution in [3.05, 3.63) is 21.9 Å². The molecule has 0 aliphatic carbocycles. The van der Waals surface area contributed by atoms with E-state index >= 15 is 0 Å². The lowest BCUT2D eigenvalue weighted by molar-refractivity contribution is 0.0368. The topological polar surface area (TPSA) is 72.5 Å². The van der Waals surface area contributed by atoms with Crippen LogP contribution in [0.5, 0.6) is 0 Å². The highest BCUT2D eigenvalue weighted by atomic mass is 32.2. The van der Waals surface area contributed by atoms with Crippen LogP contribution in [0.2, 0.25) is 0 Å². The molecule has 0 radical (unpaired) electrons. The number of sulfonamides is 1. The molecule has 0 aromatic carbocycles. The molecule has 1 aliphatic rings. The third-order valence-corrected chi connectivity index (χ3v) is 5.56. The first-order chi connectivity index (χ1) is 8.70. The van der Waals surface area contributed by atoms with Gasteiger partial charge in [-0.1, -0.05) is 0 Å². The summed E-state index contributed by atoms with van der Waals surface area (Å²) in [6, 6.07) is 1.67. The second-order valence-electron chi connectivity index (χ2n) is 5.32. The van der Waals surface area contributed by atoms with Gasteiger partial charge < -0.3 is 4.74 Å². The van der Waals surface area contributed by atoms with Crippen LogP contribution in [0.25, 0.3) is 0 Å². The molecule has 1 amide bonds. The maximum absolute atomic E-state index is 12.1. The van der Waals surface area contributed by atoms with Crippen molar-refractivity contribution < 1.29 is 17.9 Å². The van der Waals surface area contributed by atoms with Crippen molar-refractivity contribution in [2.75, 3.05) is 6.61 Å². The largest absolute Gasteiger partial charge is 0.374 e. The predicted octanol–water partition coefficient (Wildman–Crippen LogP) is 1.68. The van der Waals surface area contributed by atoms with Crippen LogP contribution in [0.1, 0.15) is 35.5 Å². The zero-order valence-electron chi connectivity index (χ0n) is 11.1. The zero-order valence-corrected chi connectivity index (χ0v) is 12.7. The molecule has 1 saturated heterocycles. The second-order valence-corrected chi connectivity index (χ2v) is 8.40. The monoisotopic (exact) mass is 303 g/mol. The minimum atomic E-state index is -3.69. The lowest BCUT2D eigenvalue weighted by Crippen LogP contribution is -2.39. The Bertz CT molecular complexity index is 589. The fourth-order valence-electron chi connectivity index (χ4n) is 2.02. The van der Waals surface area contributed by atoms with Gasteiger partial charge in [0.1, 0.15) is 5.25 Å². The number of thiophene rings is 1. The Morgan fingerprint density at radius 1 is 1.53 bits per heavy atom. The van der Waals surface area contributed by atoms with E-state index in [1.54, 1.807) is 11.4 Å². The summed E-state index contributed by atoms with van der Waals surface area (Å²) in [5.74, 6) is -0.575. The number of amides is 1. The molecule has 1 aromatic heterocycles. The van der Waals surface area contributed by atoms with Gasteiger partial charge in [-0.3, -0.25) is 4.79 Å². The van der Waals surface area contributed by atoms with Crippen LogP contribution in [0.15, 0.2) is 11.4 Å². The molecule has 7 heteroatoms. The van der Waals surface area contributed by atoms with E-state index < -0.39 is 26.8 Å². The number of ether oxygens (including phenoxy) is 1. The molecule has 0 saturated carbocycles. The van der Waals surface area contributed by atoms with Crippen LogP contribution in [0.4, 0.5) is 0 Å². The predicted molar refractivity (Wildman–Crippen MR) is 73.9 cm³/mol. The smallest absolute Gasteiger partial charge is 0.265 e. The third kappa shape index (κ3) is 3.34. The number of carbonyl (C=O) groups excluding carboxylic acids is 1. The number of hydrogen-bond donors (Lipinski definition) is 1. The Morgan fingerprint density at radius 3 is 2.68 bits per heavy atom. The fraction of sp³-hybridized carbons (Fsp3) is 0.583. The second kappa shape index (κ2) is 4.88. The van der Waals surface area contributed by atoms with E-state index in [-0.39, 0.29) is 6.61 Å². The van der Waals surface area contributed by atoms with E-state index in [2.05, 4.69) is 4.72 Å². The van der Waals surface area contributed by atoms with Gasteiger partial charge in [-0.15, -0.1) is 11.3 Å². The highest BCUT2D eigenvalue weighted by Crippen LogP contribution is 2.28. The maximum atomic E-state index is 12.1. The molecular weight excluding hydrogens is 286 g/mol. The Morgan fingerprint density at radius 2 is 2.21 bits per heavy atom. The standard InChI is InChI=1S/C12H17NO4S2/c1-8-4-9(7-18-8)11(14)13-19(15,16)10-5-12(2,3)17-6-10/h4,7,10H,5-6H2,1-3H3,(H,13,14). The maximum Gasteiger partial charge on any atom is 0.265 e. The molecular formula is C12H17NO4S2. The molecule has 106 valence electrons. The average molecular weight is 303 g/mol. The minimum absolute atomic E-state index is 0.123. The first-order valence-corrected chi connectivity index (χ1v) is 8.37. The summed E-state index contributed by atoms with van der Waals surface area (Å²) in [7, 11) is -3.69. The molecule has 1 fully saturated rings. The Labute approximate surface area is 117 Å². The van der Waals surface area contributed by atoms with Crippen molar-refractivity contribution in [3.63, 3.8) is 0 Å². The average Bonchev–Trinajstić information content (AvgIpc) is 2.84. The van der Waals surface area contributed by atoms with Gasteiger partial charge in [0.2, 0.25) is 10.0 Å². The summed E-state index contributed by atoms with van der Waals surface area (Å²) in [6.45, 7) is 5.67. The third-order valence-electron chi connectivity index (χ3n) is 3.05. The summed E-state index contributed by atoms with van der Waals surface area (Å²) >= 11 is 1.41. The van der Waals surface area contributed by atoms with Gasteiger partial charge in [-0.2, -0.15) is 0 Å². The van der Waals surface area contributed by atoms with Crippen LogP contribution >= 0.6 is 11.3 Å². The molecule has 2 heterocycles. The summed E-state index contributed by atoms with van der Waals surface area (Å²) < 4.78 is 31.7. The first kappa shape index (κ1) is 14.5. The number of hydrogen-bond acceptors (Lipinski definition) is 5. The van der Waals surface area contributed by atoms with Gasteiger partial charge in [0.25, 0.3) is 5.91 Å². The summed E-state index contributed by atoms with van der Waals surface area (Å²) in [4.78, 5) is 12.8. The Kier molecular flexibility index (Phi) is 3.72. The van der Waals surface area contributed by atoms with Crippen LogP contribution in [0.3, 0.4) is 0 Å². The molecule has 1 aliphatic heterocycles. The molecule has 19 heavy (non-hydrogen) atoms. The van der Waals surface area contributed by atoms with E-state index in [0.717, 1.165) is 4.88 Å². The van der Waals surface area contributed by atoms with Crippen molar-refractivity contribution >= 4 is 27.3 Å². The molecule has 0 spiro atoms. The molecule has 2 rings (SSSR count). The Hall–Kier alpha value is -0.920. The fourth-order valence-corrected chi connectivity index (χ4v) is 4.11. The van der Waals surface area contributed by atoms with Gasteiger partial charge in [-0.05, 0) is 33.3 Å². The van der Waals surface area contributed by atoms with Crippen LogP contribution in [-0.4, -0.2) is 31.8 Å². The quantitative estimate of drug-likeness (QED) is 0.922. The van der Waals surface area contributed by atoms with Crippen molar-refractivity contribution in [3.8, 4) is 0 Å². The number of carbonyl (C=O) groups is 1. The van der Waals surface area contributed by atoms with Crippen LogP contribution in [-0.2, 0) is 14.8 Å². The summed E-state index contributed by atoms with van der Waals surface area (Å²) in [6.07, 6.45) is 0.387. The van der Waals surface area contributed by atoms with Crippen LogP contribution in [0, 0.1) is 6.92 Å². The van der Waals surface area contributed by atoms with Crippen LogP contribution < -0.4 is 4.72 Å². The summed E-state index contributed by atoms with van der Waals surface area (Å²) in [5, 5.41) is 0.973. The summed E-state index contributed by atoms with van der Waals surface area (Å²) in [5.41, 5.74) is -0.0780. The number of aryl methyl sites for hydroxylation is 1. The lowest BCUT2D eigenvalue weighted by Gasteiger charge is -2.15. The minimum Gasteiger partial charge on any atom is -0.374 e. The van der Waals surface area contributed by atoms with E-state index in [1.807, 2.05) is 20.8 Å². The highest BCUT2D eigenvalue weighted by molar-refractivity contribution is 7.90.